The summed E-state index contributed by atoms with van der Waals surface area (Å²) in [6, 6.07) is 0. The third-order valence-corrected chi connectivity index (χ3v) is 1.27. The van der Waals surface area contributed by atoms with Crippen LogP contribution in [0.1, 0.15) is 20.3 Å². The summed E-state index contributed by atoms with van der Waals surface area (Å²) < 4.78 is 5.00. The lowest BCUT2D eigenvalue weighted by atomic mass is 10.1. The molecule has 1 saturated heterocycles. The van der Waals surface area contributed by atoms with Crippen molar-refractivity contribution in [2.75, 3.05) is 6.61 Å². The lowest BCUT2D eigenvalue weighted by Crippen LogP contribution is -2.12. The normalized spacial score (nSPS) is 28.1. The molecule has 0 saturated carbocycles. The minimum Gasteiger partial charge on any atom is -0.373 e. The molecule has 0 aliphatic carbocycles. The number of alkyl halides is 1. The molecular formula is C6H11ClO. The van der Waals surface area contributed by atoms with Crippen molar-refractivity contribution >= 4 is 11.6 Å². The molecule has 1 unspecified atom stereocenters. The molecule has 1 atom stereocenters. The minimum atomic E-state index is -0.0683. The number of ether oxygens (including phenoxy) is 1. The van der Waals surface area contributed by atoms with Crippen molar-refractivity contribution in [3.63, 3.8) is 0 Å². The molecular weight excluding hydrogens is 124 g/mol. The summed E-state index contributed by atoms with van der Waals surface area (Å²) in [6.07, 6.45) is 1.44. The van der Waals surface area contributed by atoms with Crippen LogP contribution in [-0.2, 0) is 4.74 Å². The van der Waals surface area contributed by atoms with Gasteiger partial charge in [-0.2, -0.15) is 0 Å². The fourth-order valence-electron chi connectivity index (χ4n) is 0.727. The van der Waals surface area contributed by atoms with Crippen LogP contribution in [0.5, 0.6) is 0 Å². The molecule has 1 fully saturated rings. The maximum atomic E-state index is 5.89. The molecule has 0 aromatic heterocycles. The van der Waals surface area contributed by atoms with Gasteiger partial charge in [0.2, 0.25) is 0 Å². The quantitative estimate of drug-likeness (QED) is 0.415. The second kappa shape index (κ2) is 1.89. The van der Waals surface area contributed by atoms with Gasteiger partial charge in [-0.3, -0.25) is 0 Å². The molecule has 0 amide bonds. The molecule has 8 heavy (non-hydrogen) atoms. The van der Waals surface area contributed by atoms with E-state index in [-0.39, 0.29) is 4.87 Å². The van der Waals surface area contributed by atoms with Gasteiger partial charge in [-0.05, 0) is 20.3 Å². The zero-order valence-corrected chi connectivity index (χ0v) is 6.03. The topological polar surface area (TPSA) is 12.5 Å². The Labute approximate surface area is 55.0 Å². The van der Waals surface area contributed by atoms with E-state index in [9.17, 15) is 0 Å². The van der Waals surface area contributed by atoms with Gasteiger partial charge in [-0.25, -0.2) is 0 Å². The van der Waals surface area contributed by atoms with Crippen LogP contribution in [0.25, 0.3) is 0 Å². The van der Waals surface area contributed by atoms with E-state index in [1.165, 1.54) is 0 Å². The fourth-order valence-corrected chi connectivity index (χ4v) is 0.899. The van der Waals surface area contributed by atoms with Gasteiger partial charge < -0.3 is 4.74 Å². The van der Waals surface area contributed by atoms with Gasteiger partial charge >= 0.3 is 0 Å². The largest absolute Gasteiger partial charge is 0.373 e. The van der Waals surface area contributed by atoms with Crippen molar-refractivity contribution in [2.45, 2.75) is 31.2 Å². The Morgan fingerprint density at radius 2 is 2.25 bits per heavy atom. The Kier molecular flexibility index (Phi) is 1.50. The third kappa shape index (κ3) is 2.53. The van der Waals surface area contributed by atoms with Gasteiger partial charge in [0.15, 0.2) is 0 Å². The third-order valence-electron chi connectivity index (χ3n) is 1.12. The summed E-state index contributed by atoms with van der Waals surface area (Å²) in [5.41, 5.74) is 0. The van der Waals surface area contributed by atoms with Crippen LogP contribution in [-0.4, -0.2) is 17.6 Å². The lowest BCUT2D eigenvalue weighted by molar-refractivity contribution is 0.378. The average Bonchev–Trinajstić information content (AvgIpc) is 2.12. The van der Waals surface area contributed by atoms with E-state index < -0.39 is 0 Å². The first-order chi connectivity index (χ1) is 3.58. The van der Waals surface area contributed by atoms with Gasteiger partial charge in [-0.1, -0.05) is 0 Å². The van der Waals surface area contributed by atoms with Crippen LogP contribution >= 0.6 is 11.6 Å². The van der Waals surface area contributed by atoms with E-state index >= 15 is 0 Å². The summed E-state index contributed by atoms with van der Waals surface area (Å²) in [4.78, 5) is -0.0683. The van der Waals surface area contributed by atoms with Crippen molar-refractivity contribution < 1.29 is 4.74 Å². The summed E-state index contributed by atoms with van der Waals surface area (Å²) in [7, 11) is 0. The fraction of sp³-hybridized carbons (Fsp3) is 1.00. The van der Waals surface area contributed by atoms with Gasteiger partial charge in [0.05, 0.1) is 12.7 Å². The maximum Gasteiger partial charge on any atom is 0.0826 e. The molecule has 1 rings (SSSR count). The zero-order valence-electron chi connectivity index (χ0n) is 5.28. The van der Waals surface area contributed by atoms with Crippen LogP contribution in [0, 0.1) is 0 Å². The SMILES string of the molecule is CC(C)(Cl)CC1CO1. The van der Waals surface area contributed by atoms with E-state index in [0.717, 1.165) is 13.0 Å². The molecule has 1 heterocycles. The van der Waals surface area contributed by atoms with Crippen molar-refractivity contribution in [3.8, 4) is 0 Å². The number of hydrogen-bond acceptors (Lipinski definition) is 1. The first-order valence-electron chi connectivity index (χ1n) is 2.88. The molecule has 1 nitrogen and oxygen atoms in total. The van der Waals surface area contributed by atoms with Crippen molar-refractivity contribution in [1.29, 1.82) is 0 Å². The first-order valence-corrected chi connectivity index (χ1v) is 3.26. The highest BCUT2D eigenvalue weighted by Gasteiger charge is 2.29. The molecule has 0 aromatic rings. The number of hydrogen-bond donors (Lipinski definition) is 0. The number of halogens is 1. The first kappa shape index (κ1) is 6.37. The summed E-state index contributed by atoms with van der Waals surface area (Å²) in [5, 5.41) is 0. The molecule has 0 N–H and O–H groups in total. The van der Waals surface area contributed by atoms with Crippen LogP contribution in [0.15, 0.2) is 0 Å². The van der Waals surface area contributed by atoms with Crippen molar-refractivity contribution in [2.24, 2.45) is 0 Å². The standard InChI is InChI=1S/C6H11ClO/c1-6(2,7)3-5-4-8-5/h5H,3-4H2,1-2H3. The van der Waals surface area contributed by atoms with E-state index in [1.807, 2.05) is 13.8 Å². The highest BCUT2D eigenvalue weighted by molar-refractivity contribution is 6.23. The van der Waals surface area contributed by atoms with Gasteiger partial charge in [-0.15, -0.1) is 11.6 Å². The number of rotatable bonds is 2. The monoisotopic (exact) mass is 134 g/mol. The maximum absolute atomic E-state index is 5.89. The highest BCUT2D eigenvalue weighted by atomic mass is 35.5. The Hall–Kier alpha value is 0.250. The van der Waals surface area contributed by atoms with E-state index in [4.69, 9.17) is 16.3 Å². The second-order valence-corrected chi connectivity index (χ2v) is 3.90. The second-order valence-electron chi connectivity index (χ2n) is 2.88. The number of epoxide rings is 1. The van der Waals surface area contributed by atoms with E-state index in [0.29, 0.717) is 6.10 Å². The zero-order chi connectivity index (χ0) is 6.20. The average molecular weight is 135 g/mol. The predicted octanol–water partition coefficient (Wildman–Crippen LogP) is 1.79. The molecule has 1 aliphatic heterocycles. The van der Waals surface area contributed by atoms with Crippen molar-refractivity contribution in [3.05, 3.63) is 0 Å². The molecule has 2 heteroatoms. The molecule has 0 bridgehead atoms. The summed E-state index contributed by atoms with van der Waals surface area (Å²) in [6.45, 7) is 4.93. The van der Waals surface area contributed by atoms with Gasteiger partial charge in [0, 0.05) is 4.87 Å². The van der Waals surface area contributed by atoms with E-state index in [2.05, 4.69) is 0 Å². The van der Waals surface area contributed by atoms with Crippen LogP contribution in [0.3, 0.4) is 0 Å². The van der Waals surface area contributed by atoms with Crippen molar-refractivity contribution in [1.82, 2.24) is 0 Å². The van der Waals surface area contributed by atoms with E-state index in [1.54, 1.807) is 0 Å². The van der Waals surface area contributed by atoms with Crippen LogP contribution < -0.4 is 0 Å². The molecule has 0 radical (unpaired) electrons. The minimum absolute atomic E-state index is 0.0683. The highest BCUT2D eigenvalue weighted by Crippen LogP contribution is 2.26. The Balaban J connectivity index is 2.16. The molecule has 1 aliphatic rings. The van der Waals surface area contributed by atoms with Gasteiger partial charge in [0.1, 0.15) is 0 Å². The molecule has 0 spiro atoms. The lowest BCUT2D eigenvalue weighted by Gasteiger charge is -2.11. The Morgan fingerprint density at radius 1 is 1.75 bits per heavy atom. The van der Waals surface area contributed by atoms with Crippen LogP contribution in [0.4, 0.5) is 0 Å². The smallest absolute Gasteiger partial charge is 0.0826 e. The van der Waals surface area contributed by atoms with Gasteiger partial charge in [0.25, 0.3) is 0 Å². The predicted molar refractivity (Wildman–Crippen MR) is 34.3 cm³/mol. The Bertz CT molecular complexity index is 81.0. The molecule has 0 aromatic carbocycles. The Morgan fingerprint density at radius 3 is 2.38 bits per heavy atom. The molecule has 48 valence electrons. The summed E-state index contributed by atoms with van der Waals surface area (Å²) in [5.74, 6) is 0. The summed E-state index contributed by atoms with van der Waals surface area (Å²) >= 11 is 5.89. The van der Waals surface area contributed by atoms with Crippen LogP contribution in [0.2, 0.25) is 0 Å².